The average Bonchev–Trinajstić information content (AvgIpc) is 2.46. The lowest BCUT2D eigenvalue weighted by Crippen LogP contribution is -2.04. The normalized spacial score (nSPS) is 11.8. The zero-order valence-electron chi connectivity index (χ0n) is 10.8. The Kier molecular flexibility index (Phi) is 3.61. The summed E-state index contributed by atoms with van der Waals surface area (Å²) in [6, 6.07) is 8.62. The number of hydrogen-bond donors (Lipinski definition) is 0. The summed E-state index contributed by atoms with van der Waals surface area (Å²) in [5.74, 6) is -0.0687. The number of aromatic nitrogens is 2. The van der Waals surface area contributed by atoms with E-state index in [2.05, 4.69) is 9.97 Å². The van der Waals surface area contributed by atoms with Crippen LogP contribution in [-0.4, -0.2) is 15.5 Å². The van der Waals surface area contributed by atoms with Gasteiger partial charge in [-0.05, 0) is 42.1 Å². The molecule has 0 aliphatic heterocycles. The number of benzene rings is 1. The van der Waals surface area contributed by atoms with Crippen molar-refractivity contribution < 1.29 is 17.6 Å². The van der Waals surface area contributed by atoms with Crippen LogP contribution in [0.15, 0.2) is 56.7 Å². The van der Waals surface area contributed by atoms with Crippen molar-refractivity contribution in [3.05, 3.63) is 53.0 Å². The van der Waals surface area contributed by atoms with Crippen LogP contribution in [0.1, 0.15) is 0 Å². The molecule has 2 heterocycles. The lowest BCUT2D eigenvalue weighted by Gasteiger charge is -2.06. The van der Waals surface area contributed by atoms with Crippen LogP contribution in [0.5, 0.6) is 0 Å². The van der Waals surface area contributed by atoms with Gasteiger partial charge in [-0.2, -0.15) is 18.2 Å². The summed E-state index contributed by atoms with van der Waals surface area (Å²) < 4.78 is 42.3. The molecule has 0 saturated heterocycles. The minimum absolute atomic E-state index is 0.0180. The zero-order valence-corrected chi connectivity index (χ0v) is 11.6. The number of nitrogens with zero attached hydrogens (tertiary/aromatic N) is 2. The van der Waals surface area contributed by atoms with E-state index < -0.39 is 11.1 Å². The smallest absolute Gasteiger partial charge is 0.403 e. The van der Waals surface area contributed by atoms with E-state index in [1.807, 2.05) is 0 Å². The highest BCUT2D eigenvalue weighted by molar-refractivity contribution is 8.00. The number of pyridine rings is 1. The molecule has 3 rings (SSSR count). The zero-order chi connectivity index (χ0) is 15.7. The van der Waals surface area contributed by atoms with E-state index in [4.69, 9.17) is 4.42 Å². The fourth-order valence-electron chi connectivity index (χ4n) is 1.86. The first-order chi connectivity index (χ1) is 10.4. The molecular formula is C14H7F3N2O2S. The van der Waals surface area contributed by atoms with Crippen LogP contribution in [0.2, 0.25) is 0 Å². The van der Waals surface area contributed by atoms with Crippen LogP contribution in [0.3, 0.4) is 0 Å². The van der Waals surface area contributed by atoms with E-state index >= 15 is 0 Å². The molecule has 0 unspecified atom stereocenters. The van der Waals surface area contributed by atoms with Gasteiger partial charge in [-0.1, -0.05) is 6.07 Å². The lowest BCUT2D eigenvalue weighted by molar-refractivity contribution is -0.0328. The molecule has 2 aromatic heterocycles. The molecule has 4 nitrogen and oxygen atoms in total. The van der Waals surface area contributed by atoms with Gasteiger partial charge < -0.3 is 4.42 Å². The summed E-state index contributed by atoms with van der Waals surface area (Å²) >= 11 is -0.246. The fourth-order valence-corrected chi connectivity index (χ4v) is 2.46. The second-order valence-electron chi connectivity index (χ2n) is 4.26. The second-order valence-corrected chi connectivity index (χ2v) is 5.40. The standard InChI is InChI=1S/C14H7F3N2O2S/c15-14(16,17)22-9-4-1-3-8(7-9)12-19-11-10(13(20)21-12)5-2-6-18-11/h1-7H. The number of hydrogen-bond acceptors (Lipinski definition) is 5. The van der Waals surface area contributed by atoms with Crippen molar-refractivity contribution in [3.63, 3.8) is 0 Å². The van der Waals surface area contributed by atoms with E-state index in [9.17, 15) is 18.0 Å². The molecule has 1 aromatic carbocycles. The molecule has 3 aromatic rings. The van der Waals surface area contributed by atoms with Gasteiger partial charge in [-0.25, -0.2) is 9.78 Å². The fraction of sp³-hybridized carbons (Fsp3) is 0.0714. The molecular weight excluding hydrogens is 317 g/mol. The number of halogens is 3. The van der Waals surface area contributed by atoms with Crippen LogP contribution in [-0.2, 0) is 0 Å². The van der Waals surface area contributed by atoms with E-state index in [0.717, 1.165) is 0 Å². The van der Waals surface area contributed by atoms with Gasteiger partial charge in [0.1, 0.15) is 5.39 Å². The van der Waals surface area contributed by atoms with Crippen molar-refractivity contribution in [3.8, 4) is 11.5 Å². The van der Waals surface area contributed by atoms with Crippen LogP contribution in [0.4, 0.5) is 13.2 Å². The largest absolute Gasteiger partial charge is 0.446 e. The summed E-state index contributed by atoms with van der Waals surface area (Å²) in [4.78, 5) is 19.9. The third-order valence-electron chi connectivity index (χ3n) is 2.72. The van der Waals surface area contributed by atoms with E-state index in [1.54, 1.807) is 6.07 Å². The van der Waals surface area contributed by atoms with Crippen LogP contribution in [0, 0.1) is 0 Å². The molecule has 0 bridgehead atoms. The van der Waals surface area contributed by atoms with Gasteiger partial charge >= 0.3 is 11.1 Å². The van der Waals surface area contributed by atoms with E-state index in [0.29, 0.717) is 0 Å². The van der Waals surface area contributed by atoms with Gasteiger partial charge in [-0.3, -0.25) is 0 Å². The predicted molar refractivity (Wildman–Crippen MR) is 75.4 cm³/mol. The molecule has 0 aliphatic rings. The van der Waals surface area contributed by atoms with E-state index in [1.165, 1.54) is 36.5 Å². The van der Waals surface area contributed by atoms with Gasteiger partial charge in [0.25, 0.3) is 0 Å². The Balaban J connectivity index is 2.08. The molecule has 8 heteroatoms. The third kappa shape index (κ3) is 3.11. The minimum Gasteiger partial charge on any atom is -0.403 e. The van der Waals surface area contributed by atoms with Crippen LogP contribution in [0.25, 0.3) is 22.5 Å². The SMILES string of the molecule is O=c1oc(-c2cccc(SC(F)(F)F)c2)nc2ncccc12. The Morgan fingerprint density at radius 3 is 2.73 bits per heavy atom. The van der Waals surface area contributed by atoms with Crippen LogP contribution < -0.4 is 5.63 Å². The Hall–Kier alpha value is -2.35. The highest BCUT2D eigenvalue weighted by atomic mass is 32.2. The molecule has 0 spiro atoms. The first-order valence-corrected chi connectivity index (χ1v) is 6.86. The molecule has 112 valence electrons. The Morgan fingerprint density at radius 2 is 1.95 bits per heavy atom. The molecule has 0 amide bonds. The molecule has 0 N–H and O–H groups in total. The maximum Gasteiger partial charge on any atom is 0.446 e. The summed E-state index contributed by atoms with van der Waals surface area (Å²) in [7, 11) is 0. The minimum atomic E-state index is -4.39. The first-order valence-electron chi connectivity index (χ1n) is 6.04. The lowest BCUT2D eigenvalue weighted by atomic mass is 10.2. The number of rotatable bonds is 2. The first kappa shape index (κ1) is 14.6. The van der Waals surface area contributed by atoms with E-state index in [-0.39, 0.29) is 39.1 Å². The summed E-state index contributed by atoms with van der Waals surface area (Å²) in [6.45, 7) is 0. The van der Waals surface area contributed by atoms with Gasteiger partial charge in [0, 0.05) is 16.7 Å². The quantitative estimate of drug-likeness (QED) is 0.670. The summed E-state index contributed by atoms with van der Waals surface area (Å²) in [5.41, 5.74) is -4.57. The van der Waals surface area contributed by atoms with Gasteiger partial charge in [0.05, 0.1) is 0 Å². The Morgan fingerprint density at radius 1 is 1.14 bits per heavy atom. The van der Waals surface area contributed by atoms with Crippen LogP contribution >= 0.6 is 11.8 Å². The topological polar surface area (TPSA) is 56.0 Å². The number of fused-ring (bicyclic) bond motifs is 1. The average molecular weight is 324 g/mol. The van der Waals surface area contributed by atoms with Gasteiger partial charge in [0.2, 0.25) is 5.89 Å². The molecule has 0 radical (unpaired) electrons. The molecule has 0 aliphatic carbocycles. The maximum atomic E-state index is 12.4. The van der Waals surface area contributed by atoms with Crippen molar-refractivity contribution in [1.82, 2.24) is 9.97 Å². The number of alkyl halides is 3. The number of thioether (sulfide) groups is 1. The maximum absolute atomic E-state index is 12.4. The summed E-state index contributed by atoms with van der Waals surface area (Å²) in [6.07, 6.45) is 1.47. The van der Waals surface area contributed by atoms with Gasteiger partial charge in [0.15, 0.2) is 5.65 Å². The monoisotopic (exact) mass is 324 g/mol. The predicted octanol–water partition coefficient (Wildman–Crippen LogP) is 3.86. The Bertz CT molecular complexity index is 893. The highest BCUT2D eigenvalue weighted by Gasteiger charge is 2.29. The molecule has 0 fully saturated rings. The van der Waals surface area contributed by atoms with Crippen molar-refractivity contribution in [2.24, 2.45) is 0 Å². The van der Waals surface area contributed by atoms with Crippen molar-refractivity contribution in [2.45, 2.75) is 10.4 Å². The van der Waals surface area contributed by atoms with Crippen molar-refractivity contribution >= 4 is 22.8 Å². The molecule has 22 heavy (non-hydrogen) atoms. The third-order valence-corrected chi connectivity index (χ3v) is 3.44. The Labute approximate surface area is 126 Å². The molecule has 0 saturated carbocycles. The second kappa shape index (κ2) is 5.45. The molecule has 0 atom stereocenters. The van der Waals surface area contributed by atoms with Crippen molar-refractivity contribution in [2.75, 3.05) is 0 Å². The van der Waals surface area contributed by atoms with Crippen molar-refractivity contribution in [1.29, 1.82) is 0 Å². The highest BCUT2D eigenvalue weighted by Crippen LogP contribution is 2.37. The van der Waals surface area contributed by atoms with Gasteiger partial charge in [-0.15, -0.1) is 0 Å². The summed E-state index contributed by atoms with van der Waals surface area (Å²) in [5, 5.41) is 0.215.